The van der Waals surface area contributed by atoms with Crippen molar-refractivity contribution in [3.05, 3.63) is 35.4 Å². The third-order valence-corrected chi connectivity index (χ3v) is 3.52. The predicted molar refractivity (Wildman–Crippen MR) is 75.3 cm³/mol. The van der Waals surface area contributed by atoms with Gasteiger partial charge in [0.2, 0.25) is 5.91 Å². The van der Waals surface area contributed by atoms with Crippen molar-refractivity contribution in [1.29, 1.82) is 0 Å². The van der Waals surface area contributed by atoms with Crippen LogP contribution in [0.3, 0.4) is 0 Å². The second kappa shape index (κ2) is 7.19. The number of ether oxygens (including phenoxy) is 2. The number of aromatic carboxylic acids is 1. The highest BCUT2D eigenvalue weighted by molar-refractivity contribution is 5.87. The standard InChI is InChI=1S/C15H19NO5/c1-20-13-9-21-8-12(13)16-14(17)7-4-10-2-5-11(6-3-10)15(18)19/h2-3,5-6,12-13H,4,7-9H2,1H3,(H,16,17)(H,18,19)/t12-,13+/m0/s1. The summed E-state index contributed by atoms with van der Waals surface area (Å²) >= 11 is 0. The maximum absolute atomic E-state index is 11.9. The van der Waals surface area contributed by atoms with E-state index in [0.29, 0.717) is 26.1 Å². The molecule has 0 radical (unpaired) electrons. The number of benzene rings is 1. The molecule has 0 saturated carbocycles. The van der Waals surface area contributed by atoms with Crippen molar-refractivity contribution in [3.63, 3.8) is 0 Å². The Kier molecular flexibility index (Phi) is 5.30. The Balaban J connectivity index is 1.79. The summed E-state index contributed by atoms with van der Waals surface area (Å²) in [6, 6.07) is 6.44. The molecular weight excluding hydrogens is 274 g/mol. The number of carboxylic acid groups (broad SMARTS) is 1. The number of methoxy groups -OCH3 is 1. The summed E-state index contributed by atoms with van der Waals surface area (Å²) in [4.78, 5) is 22.6. The molecule has 114 valence electrons. The second-order valence-electron chi connectivity index (χ2n) is 4.99. The van der Waals surface area contributed by atoms with Gasteiger partial charge in [-0.1, -0.05) is 12.1 Å². The van der Waals surface area contributed by atoms with Crippen molar-refractivity contribution in [2.24, 2.45) is 0 Å². The first-order chi connectivity index (χ1) is 10.1. The summed E-state index contributed by atoms with van der Waals surface area (Å²) in [6.45, 7) is 0.968. The zero-order valence-electron chi connectivity index (χ0n) is 11.9. The minimum Gasteiger partial charge on any atom is -0.478 e. The van der Waals surface area contributed by atoms with Gasteiger partial charge in [-0.3, -0.25) is 4.79 Å². The summed E-state index contributed by atoms with van der Waals surface area (Å²) in [5, 5.41) is 11.7. The van der Waals surface area contributed by atoms with Crippen LogP contribution in [0.25, 0.3) is 0 Å². The van der Waals surface area contributed by atoms with Gasteiger partial charge in [0.15, 0.2) is 0 Å². The largest absolute Gasteiger partial charge is 0.478 e. The third kappa shape index (κ3) is 4.27. The lowest BCUT2D eigenvalue weighted by atomic mass is 10.1. The van der Waals surface area contributed by atoms with Gasteiger partial charge in [-0.15, -0.1) is 0 Å². The molecule has 0 bridgehead atoms. The van der Waals surface area contributed by atoms with E-state index in [1.165, 1.54) is 0 Å². The van der Waals surface area contributed by atoms with E-state index in [2.05, 4.69) is 5.32 Å². The predicted octanol–water partition coefficient (Wildman–Crippen LogP) is 0.847. The van der Waals surface area contributed by atoms with Gasteiger partial charge < -0.3 is 19.9 Å². The quantitative estimate of drug-likeness (QED) is 0.812. The molecule has 1 heterocycles. The average molecular weight is 293 g/mol. The van der Waals surface area contributed by atoms with Gasteiger partial charge in [0.25, 0.3) is 0 Å². The number of carbonyl (C=O) groups excluding carboxylic acids is 1. The van der Waals surface area contributed by atoms with Crippen molar-refractivity contribution in [1.82, 2.24) is 5.32 Å². The molecule has 6 nitrogen and oxygen atoms in total. The molecule has 1 aliphatic rings. The van der Waals surface area contributed by atoms with Gasteiger partial charge in [-0.2, -0.15) is 0 Å². The lowest BCUT2D eigenvalue weighted by Gasteiger charge is -2.17. The first-order valence-corrected chi connectivity index (χ1v) is 6.82. The number of hydrogen-bond donors (Lipinski definition) is 2. The van der Waals surface area contributed by atoms with Crippen LogP contribution >= 0.6 is 0 Å². The molecule has 0 spiro atoms. The van der Waals surface area contributed by atoms with Crippen LogP contribution in [0, 0.1) is 0 Å². The fourth-order valence-corrected chi connectivity index (χ4v) is 2.25. The fourth-order valence-electron chi connectivity index (χ4n) is 2.25. The molecule has 2 rings (SSSR count). The van der Waals surface area contributed by atoms with Crippen molar-refractivity contribution in [2.45, 2.75) is 25.0 Å². The molecule has 2 N–H and O–H groups in total. The van der Waals surface area contributed by atoms with Crippen molar-refractivity contribution >= 4 is 11.9 Å². The van der Waals surface area contributed by atoms with Crippen LogP contribution in [0.4, 0.5) is 0 Å². The van der Waals surface area contributed by atoms with Crippen LogP contribution in [-0.4, -0.2) is 49.5 Å². The van der Waals surface area contributed by atoms with Crippen molar-refractivity contribution in [2.75, 3.05) is 20.3 Å². The molecule has 1 amide bonds. The average Bonchev–Trinajstić information content (AvgIpc) is 2.92. The third-order valence-electron chi connectivity index (χ3n) is 3.52. The summed E-state index contributed by atoms with van der Waals surface area (Å²) in [5.74, 6) is -1.01. The number of amides is 1. The van der Waals surface area contributed by atoms with Crippen LogP contribution in [0.15, 0.2) is 24.3 Å². The smallest absolute Gasteiger partial charge is 0.335 e. The van der Waals surface area contributed by atoms with E-state index < -0.39 is 5.97 Å². The SMILES string of the molecule is CO[C@@H]1COC[C@@H]1NC(=O)CCc1ccc(C(=O)O)cc1. The Morgan fingerprint density at radius 2 is 2.05 bits per heavy atom. The van der Waals surface area contributed by atoms with Gasteiger partial charge in [0.1, 0.15) is 6.10 Å². The Morgan fingerprint density at radius 1 is 1.33 bits per heavy atom. The maximum Gasteiger partial charge on any atom is 0.335 e. The topological polar surface area (TPSA) is 84.9 Å². The Labute approximate surface area is 123 Å². The normalized spacial score (nSPS) is 21.2. The fraction of sp³-hybridized carbons (Fsp3) is 0.467. The van der Waals surface area contributed by atoms with Crippen LogP contribution in [-0.2, 0) is 20.7 Å². The first-order valence-electron chi connectivity index (χ1n) is 6.82. The Hall–Kier alpha value is -1.92. The molecule has 2 atom stereocenters. The van der Waals surface area contributed by atoms with Crippen LogP contribution < -0.4 is 5.32 Å². The highest BCUT2D eigenvalue weighted by Gasteiger charge is 2.29. The second-order valence-corrected chi connectivity index (χ2v) is 4.99. The first kappa shape index (κ1) is 15.5. The highest BCUT2D eigenvalue weighted by Crippen LogP contribution is 2.10. The van der Waals surface area contributed by atoms with Gasteiger partial charge in [-0.25, -0.2) is 4.79 Å². The molecule has 6 heteroatoms. The molecule has 1 aromatic carbocycles. The number of aryl methyl sites for hydroxylation is 1. The Morgan fingerprint density at radius 3 is 2.67 bits per heavy atom. The molecule has 1 aromatic rings. The van der Waals surface area contributed by atoms with E-state index in [0.717, 1.165) is 5.56 Å². The van der Waals surface area contributed by atoms with Crippen LogP contribution in [0.5, 0.6) is 0 Å². The summed E-state index contributed by atoms with van der Waals surface area (Å²) in [7, 11) is 1.60. The summed E-state index contributed by atoms with van der Waals surface area (Å²) in [6.07, 6.45) is 0.819. The van der Waals surface area contributed by atoms with Gasteiger partial charge >= 0.3 is 5.97 Å². The van der Waals surface area contributed by atoms with E-state index in [-0.39, 0.29) is 23.6 Å². The van der Waals surface area contributed by atoms with E-state index in [9.17, 15) is 9.59 Å². The molecule has 0 aliphatic carbocycles. The minimum atomic E-state index is -0.953. The van der Waals surface area contributed by atoms with E-state index in [4.69, 9.17) is 14.6 Å². The summed E-state index contributed by atoms with van der Waals surface area (Å²) < 4.78 is 10.5. The number of carbonyl (C=O) groups is 2. The molecule has 1 fully saturated rings. The lowest BCUT2D eigenvalue weighted by Crippen LogP contribution is -2.43. The molecule has 0 aromatic heterocycles. The molecule has 21 heavy (non-hydrogen) atoms. The number of nitrogens with one attached hydrogen (secondary N) is 1. The van der Waals surface area contributed by atoms with Gasteiger partial charge in [-0.05, 0) is 24.1 Å². The molecular formula is C15H19NO5. The van der Waals surface area contributed by atoms with Crippen LogP contribution in [0.1, 0.15) is 22.3 Å². The molecule has 0 unspecified atom stereocenters. The molecule has 1 saturated heterocycles. The van der Waals surface area contributed by atoms with Gasteiger partial charge in [0, 0.05) is 13.5 Å². The highest BCUT2D eigenvalue weighted by atomic mass is 16.5. The van der Waals surface area contributed by atoms with Crippen molar-refractivity contribution in [3.8, 4) is 0 Å². The van der Waals surface area contributed by atoms with E-state index in [1.807, 2.05) is 0 Å². The molecule has 1 aliphatic heterocycles. The minimum absolute atomic E-state index is 0.0603. The van der Waals surface area contributed by atoms with E-state index >= 15 is 0 Å². The van der Waals surface area contributed by atoms with Crippen LogP contribution in [0.2, 0.25) is 0 Å². The van der Waals surface area contributed by atoms with Gasteiger partial charge in [0.05, 0.1) is 24.8 Å². The van der Waals surface area contributed by atoms with Crippen molar-refractivity contribution < 1.29 is 24.2 Å². The zero-order chi connectivity index (χ0) is 15.2. The zero-order valence-corrected chi connectivity index (χ0v) is 11.9. The Bertz CT molecular complexity index is 499. The van der Waals surface area contributed by atoms with E-state index in [1.54, 1.807) is 31.4 Å². The maximum atomic E-state index is 11.9. The lowest BCUT2D eigenvalue weighted by molar-refractivity contribution is -0.122. The number of carboxylic acids is 1. The summed E-state index contributed by atoms with van der Waals surface area (Å²) in [5.41, 5.74) is 1.18. The number of hydrogen-bond acceptors (Lipinski definition) is 4. The monoisotopic (exact) mass is 293 g/mol. The number of rotatable bonds is 6.